The fraction of sp³-hybridized carbons (Fsp3) is 0.400. The van der Waals surface area contributed by atoms with Gasteiger partial charge in [0.2, 0.25) is 0 Å². The van der Waals surface area contributed by atoms with Gasteiger partial charge < -0.3 is 15.1 Å². The summed E-state index contributed by atoms with van der Waals surface area (Å²) >= 11 is 0. The van der Waals surface area contributed by atoms with E-state index in [1.165, 1.54) is 6.33 Å². The summed E-state index contributed by atoms with van der Waals surface area (Å²) in [5.41, 5.74) is 0.816. The minimum absolute atomic E-state index is 0.0438. The molecular weight excluding hydrogens is 270 g/mol. The number of carbonyl (C=O) groups is 1. The van der Waals surface area contributed by atoms with Crippen molar-refractivity contribution in [3.63, 3.8) is 0 Å². The van der Waals surface area contributed by atoms with Crippen LogP contribution in [0.15, 0.2) is 24.5 Å². The fourth-order valence-electron chi connectivity index (χ4n) is 2.95. The van der Waals surface area contributed by atoms with Crippen LogP contribution in [-0.4, -0.2) is 45.3 Å². The number of aromatic carboxylic acids is 1. The summed E-state index contributed by atoms with van der Waals surface area (Å²) in [6.45, 7) is 3.03. The predicted octanol–water partition coefficient (Wildman–Crippen LogP) is 1.54. The van der Waals surface area contributed by atoms with Crippen LogP contribution in [0.3, 0.4) is 0 Å². The second-order valence-electron chi connectivity index (χ2n) is 5.44. The zero-order chi connectivity index (χ0) is 15.0. The van der Waals surface area contributed by atoms with Crippen LogP contribution in [0.2, 0.25) is 0 Å². The second kappa shape index (κ2) is 5.29. The average Bonchev–Trinajstić information content (AvgIpc) is 2.86. The fourth-order valence-corrected chi connectivity index (χ4v) is 2.95. The summed E-state index contributed by atoms with van der Waals surface area (Å²) < 4.78 is 0. The van der Waals surface area contributed by atoms with Crippen molar-refractivity contribution in [2.24, 2.45) is 5.92 Å². The monoisotopic (exact) mass is 287 g/mol. The minimum Gasteiger partial charge on any atom is -0.478 e. The maximum absolute atomic E-state index is 11.0. The molecule has 6 heteroatoms. The third kappa shape index (κ3) is 2.31. The number of rotatable bonds is 3. The molecule has 110 valence electrons. The van der Waals surface area contributed by atoms with E-state index in [4.69, 9.17) is 5.11 Å². The molecule has 1 aliphatic heterocycles. The van der Waals surface area contributed by atoms with Gasteiger partial charge in [-0.3, -0.25) is 0 Å². The van der Waals surface area contributed by atoms with Crippen molar-refractivity contribution in [2.45, 2.75) is 19.4 Å². The highest BCUT2D eigenvalue weighted by atomic mass is 16.4. The summed E-state index contributed by atoms with van der Waals surface area (Å²) in [4.78, 5) is 21.6. The van der Waals surface area contributed by atoms with Crippen LogP contribution in [0.4, 0.5) is 5.82 Å². The van der Waals surface area contributed by atoms with Gasteiger partial charge in [0, 0.05) is 11.9 Å². The summed E-state index contributed by atoms with van der Waals surface area (Å²) in [6.07, 6.45) is 2.45. The zero-order valence-corrected chi connectivity index (χ0v) is 11.7. The van der Waals surface area contributed by atoms with Gasteiger partial charge in [-0.1, -0.05) is 6.92 Å². The van der Waals surface area contributed by atoms with E-state index < -0.39 is 5.97 Å². The van der Waals surface area contributed by atoms with Gasteiger partial charge in [0.1, 0.15) is 12.1 Å². The average molecular weight is 287 g/mol. The van der Waals surface area contributed by atoms with Crippen molar-refractivity contribution >= 4 is 22.7 Å². The van der Waals surface area contributed by atoms with Gasteiger partial charge in [-0.15, -0.1) is 0 Å². The highest BCUT2D eigenvalue weighted by molar-refractivity contribution is 5.96. The minimum atomic E-state index is -0.972. The molecule has 21 heavy (non-hydrogen) atoms. The van der Waals surface area contributed by atoms with E-state index in [0.29, 0.717) is 11.4 Å². The van der Waals surface area contributed by atoms with Gasteiger partial charge in [0.15, 0.2) is 0 Å². The number of carboxylic acid groups (broad SMARTS) is 1. The zero-order valence-electron chi connectivity index (χ0n) is 11.7. The Morgan fingerprint density at radius 3 is 2.95 bits per heavy atom. The number of carboxylic acids is 1. The van der Waals surface area contributed by atoms with Gasteiger partial charge in [-0.05, 0) is 30.5 Å². The van der Waals surface area contributed by atoms with Crippen LogP contribution >= 0.6 is 0 Å². The molecule has 0 saturated carbocycles. The summed E-state index contributed by atoms with van der Waals surface area (Å²) in [6, 6.07) is 4.90. The Kier molecular flexibility index (Phi) is 3.47. The largest absolute Gasteiger partial charge is 0.478 e. The molecule has 1 aliphatic rings. The molecule has 2 unspecified atom stereocenters. The number of anilines is 1. The SMILES string of the molecule is CC1CCN(c2ncnc3cc(C(=O)O)ccc23)C1CO. The van der Waals surface area contributed by atoms with E-state index in [2.05, 4.69) is 21.8 Å². The number of aromatic nitrogens is 2. The molecule has 1 aromatic carbocycles. The lowest BCUT2D eigenvalue weighted by molar-refractivity contribution is 0.0697. The van der Waals surface area contributed by atoms with Crippen LogP contribution < -0.4 is 4.90 Å². The molecule has 1 aromatic heterocycles. The van der Waals surface area contributed by atoms with E-state index in [1.807, 2.05) is 0 Å². The molecule has 6 nitrogen and oxygen atoms in total. The van der Waals surface area contributed by atoms with E-state index in [0.717, 1.165) is 24.2 Å². The quantitative estimate of drug-likeness (QED) is 0.890. The first-order valence-corrected chi connectivity index (χ1v) is 6.97. The molecule has 1 fully saturated rings. The highest BCUT2D eigenvalue weighted by Crippen LogP contribution is 2.32. The molecule has 0 aliphatic carbocycles. The van der Waals surface area contributed by atoms with Crippen LogP contribution in [0.1, 0.15) is 23.7 Å². The number of aliphatic hydroxyl groups is 1. The normalized spacial score (nSPS) is 21.9. The van der Waals surface area contributed by atoms with E-state index >= 15 is 0 Å². The Labute approximate surface area is 122 Å². The highest BCUT2D eigenvalue weighted by Gasteiger charge is 2.32. The molecule has 0 amide bonds. The first kappa shape index (κ1) is 13.8. The maximum Gasteiger partial charge on any atom is 0.335 e. The van der Waals surface area contributed by atoms with Crippen molar-refractivity contribution in [1.29, 1.82) is 0 Å². The first-order valence-electron chi connectivity index (χ1n) is 6.97. The van der Waals surface area contributed by atoms with Gasteiger partial charge in [-0.2, -0.15) is 0 Å². The molecule has 2 heterocycles. The number of fused-ring (bicyclic) bond motifs is 1. The van der Waals surface area contributed by atoms with Crippen molar-refractivity contribution in [3.05, 3.63) is 30.1 Å². The number of benzene rings is 1. The Morgan fingerprint density at radius 2 is 2.24 bits per heavy atom. The van der Waals surface area contributed by atoms with E-state index in [9.17, 15) is 9.90 Å². The molecule has 0 radical (unpaired) electrons. The Morgan fingerprint density at radius 1 is 1.43 bits per heavy atom. The van der Waals surface area contributed by atoms with Crippen LogP contribution in [0, 0.1) is 5.92 Å². The van der Waals surface area contributed by atoms with Crippen LogP contribution in [0.5, 0.6) is 0 Å². The number of aliphatic hydroxyl groups excluding tert-OH is 1. The van der Waals surface area contributed by atoms with Crippen molar-refractivity contribution in [2.75, 3.05) is 18.1 Å². The number of nitrogens with zero attached hydrogens (tertiary/aromatic N) is 3. The van der Waals surface area contributed by atoms with Crippen LogP contribution in [0.25, 0.3) is 10.9 Å². The summed E-state index contributed by atoms with van der Waals surface area (Å²) in [5.74, 6) is 0.193. The lowest BCUT2D eigenvalue weighted by Gasteiger charge is -2.27. The van der Waals surface area contributed by atoms with Crippen molar-refractivity contribution in [3.8, 4) is 0 Å². The van der Waals surface area contributed by atoms with E-state index in [-0.39, 0.29) is 18.2 Å². The third-order valence-electron chi connectivity index (χ3n) is 4.20. The number of hydrogen-bond acceptors (Lipinski definition) is 5. The van der Waals surface area contributed by atoms with Gasteiger partial charge in [0.05, 0.1) is 23.7 Å². The molecular formula is C15H17N3O3. The molecule has 0 bridgehead atoms. The van der Waals surface area contributed by atoms with Crippen molar-refractivity contribution < 1.29 is 15.0 Å². The Bertz CT molecular complexity index is 689. The Balaban J connectivity index is 2.09. The lowest BCUT2D eigenvalue weighted by atomic mass is 10.0. The van der Waals surface area contributed by atoms with Crippen LogP contribution in [-0.2, 0) is 0 Å². The lowest BCUT2D eigenvalue weighted by Crippen LogP contribution is -2.35. The molecule has 1 saturated heterocycles. The van der Waals surface area contributed by atoms with Crippen molar-refractivity contribution in [1.82, 2.24) is 9.97 Å². The predicted molar refractivity (Wildman–Crippen MR) is 78.5 cm³/mol. The molecule has 3 rings (SSSR count). The first-order chi connectivity index (χ1) is 10.1. The summed E-state index contributed by atoms with van der Waals surface area (Å²) in [5, 5.41) is 19.5. The molecule has 2 N–H and O–H groups in total. The topological polar surface area (TPSA) is 86.6 Å². The standard InChI is InChI=1S/C15H17N3O3/c1-9-4-5-18(13(9)7-19)14-11-3-2-10(15(20)21)6-12(11)16-8-17-14/h2-3,6,8-9,13,19H,4-5,7H2,1H3,(H,20,21). The molecule has 0 spiro atoms. The third-order valence-corrected chi connectivity index (χ3v) is 4.20. The maximum atomic E-state index is 11.0. The van der Waals surface area contributed by atoms with Gasteiger partial charge in [0.25, 0.3) is 0 Å². The second-order valence-corrected chi connectivity index (χ2v) is 5.44. The Hall–Kier alpha value is -2.21. The molecule has 2 atom stereocenters. The number of hydrogen-bond donors (Lipinski definition) is 2. The molecule has 2 aromatic rings. The van der Waals surface area contributed by atoms with E-state index in [1.54, 1.807) is 18.2 Å². The van der Waals surface area contributed by atoms with Gasteiger partial charge >= 0.3 is 5.97 Å². The smallest absolute Gasteiger partial charge is 0.335 e. The summed E-state index contributed by atoms with van der Waals surface area (Å²) in [7, 11) is 0. The van der Waals surface area contributed by atoms with Gasteiger partial charge in [-0.25, -0.2) is 14.8 Å².